The molecule has 6 nitrogen and oxygen atoms in total. The molecule has 3 rings (SSSR count). The molecule has 0 bridgehead atoms. The van der Waals surface area contributed by atoms with Gasteiger partial charge < -0.3 is 5.10 Å². The number of hydrogen-bond donors (Lipinski definition) is 2. The van der Waals surface area contributed by atoms with E-state index in [2.05, 4.69) is 10.2 Å². The van der Waals surface area contributed by atoms with Gasteiger partial charge >= 0.3 is 0 Å². The number of sulfone groups is 1. The summed E-state index contributed by atoms with van der Waals surface area (Å²) in [6, 6.07) is 10.4. The molecule has 146 valence electrons. The summed E-state index contributed by atoms with van der Waals surface area (Å²) in [5.41, 5.74) is 3.12. The topological polar surface area (TPSA) is 99.9 Å². The molecule has 1 heterocycles. The average molecular weight is 398 g/mol. The van der Waals surface area contributed by atoms with Crippen LogP contribution in [-0.4, -0.2) is 30.7 Å². The first-order chi connectivity index (χ1) is 13.1. The van der Waals surface area contributed by atoms with Gasteiger partial charge in [-0.3, -0.25) is 14.7 Å². The fourth-order valence-corrected chi connectivity index (χ4v) is 4.39. The highest BCUT2D eigenvalue weighted by Gasteiger charge is 2.25. The molecule has 0 aliphatic heterocycles. The largest absolute Gasteiger partial charge is 0.302 e. The molecule has 7 heteroatoms. The lowest BCUT2D eigenvalue weighted by molar-refractivity contribution is 0.103. The lowest BCUT2D eigenvalue weighted by atomic mass is 9.91. The Kier molecular flexibility index (Phi) is 5.12. The Morgan fingerprint density at radius 3 is 2.39 bits per heavy atom. The van der Waals surface area contributed by atoms with Crippen LogP contribution in [-0.2, 0) is 16.3 Å². The quantitative estimate of drug-likeness (QED) is 0.645. The van der Waals surface area contributed by atoms with Gasteiger partial charge in [-0.2, -0.15) is 0 Å². The molecule has 0 spiro atoms. The van der Waals surface area contributed by atoms with Gasteiger partial charge in [-0.05, 0) is 43.5 Å². The number of carbonyl (C=O) groups is 1. The Balaban J connectivity index is 2.31. The van der Waals surface area contributed by atoms with Crippen LogP contribution < -0.4 is 5.56 Å². The van der Waals surface area contributed by atoms with E-state index in [4.69, 9.17) is 0 Å². The van der Waals surface area contributed by atoms with Crippen LogP contribution in [0, 0.1) is 13.8 Å². The summed E-state index contributed by atoms with van der Waals surface area (Å²) in [5, 5.41) is 5.18. The molecular weight excluding hydrogens is 376 g/mol. The molecule has 0 saturated carbocycles. The third-order valence-corrected chi connectivity index (χ3v) is 5.95. The number of aromatic amines is 2. The van der Waals surface area contributed by atoms with Gasteiger partial charge in [0, 0.05) is 23.1 Å². The monoisotopic (exact) mass is 398 g/mol. The minimum atomic E-state index is -3.52. The van der Waals surface area contributed by atoms with Crippen molar-refractivity contribution in [1.29, 1.82) is 0 Å². The van der Waals surface area contributed by atoms with Crippen LogP contribution in [0.4, 0.5) is 0 Å². The summed E-state index contributed by atoms with van der Waals surface area (Å²) in [5.74, 6) is -0.425. The predicted octanol–water partition coefficient (Wildman–Crippen LogP) is 3.18. The first-order valence-corrected chi connectivity index (χ1v) is 10.8. The third-order valence-electron chi connectivity index (χ3n) is 4.81. The molecular formula is C21H22N2O4S. The number of aromatic nitrogens is 2. The Labute approximate surface area is 163 Å². The highest BCUT2D eigenvalue weighted by molar-refractivity contribution is 7.90. The molecule has 0 atom stereocenters. The zero-order valence-corrected chi connectivity index (χ0v) is 17.0. The van der Waals surface area contributed by atoms with E-state index in [0.717, 1.165) is 11.8 Å². The van der Waals surface area contributed by atoms with Crippen molar-refractivity contribution in [3.63, 3.8) is 0 Å². The number of carbonyl (C=O) groups excluding carboxylic acids is 1. The average Bonchev–Trinajstić information content (AvgIpc) is 3.00. The Hall–Kier alpha value is -2.93. The van der Waals surface area contributed by atoms with E-state index >= 15 is 0 Å². The van der Waals surface area contributed by atoms with Crippen LogP contribution in [0.3, 0.4) is 0 Å². The van der Waals surface area contributed by atoms with Crippen LogP contribution in [0.25, 0.3) is 11.1 Å². The first-order valence-electron chi connectivity index (χ1n) is 8.90. The summed E-state index contributed by atoms with van der Waals surface area (Å²) >= 11 is 0. The van der Waals surface area contributed by atoms with Gasteiger partial charge in [0.05, 0.1) is 4.90 Å². The molecule has 2 aromatic carbocycles. The van der Waals surface area contributed by atoms with Crippen LogP contribution >= 0.6 is 0 Å². The molecule has 0 fully saturated rings. The second-order valence-electron chi connectivity index (χ2n) is 6.87. The summed E-state index contributed by atoms with van der Waals surface area (Å²) in [4.78, 5) is 25.5. The Morgan fingerprint density at radius 1 is 1.07 bits per heavy atom. The minimum Gasteiger partial charge on any atom is -0.302 e. The van der Waals surface area contributed by atoms with Crippen molar-refractivity contribution < 1.29 is 13.2 Å². The van der Waals surface area contributed by atoms with Gasteiger partial charge in [0.1, 0.15) is 5.56 Å². The number of hydrogen-bond acceptors (Lipinski definition) is 4. The molecule has 0 aliphatic carbocycles. The fraction of sp³-hybridized carbons (Fsp3) is 0.238. The molecule has 0 radical (unpaired) electrons. The van der Waals surface area contributed by atoms with E-state index in [-0.39, 0.29) is 10.5 Å². The minimum absolute atomic E-state index is 0.0629. The second-order valence-corrected chi connectivity index (χ2v) is 8.85. The molecule has 0 amide bonds. The molecule has 0 unspecified atom stereocenters. The van der Waals surface area contributed by atoms with Gasteiger partial charge in [0.25, 0.3) is 5.56 Å². The van der Waals surface area contributed by atoms with Gasteiger partial charge in [-0.25, -0.2) is 8.42 Å². The van der Waals surface area contributed by atoms with Gasteiger partial charge in [0.15, 0.2) is 9.84 Å². The summed E-state index contributed by atoms with van der Waals surface area (Å²) < 4.78 is 24.8. The SMILES string of the molecule is CCc1[nH][nH]c(=O)c1C(=O)c1ccc(S(C)(=O)=O)c(-c2cccc(C)c2)c1C. The molecule has 1 aromatic heterocycles. The first kappa shape index (κ1) is 19.8. The van der Waals surface area contributed by atoms with Crippen molar-refractivity contribution in [2.24, 2.45) is 0 Å². The molecule has 0 saturated heterocycles. The number of nitrogens with one attached hydrogen (secondary N) is 2. The lowest BCUT2D eigenvalue weighted by Crippen LogP contribution is -2.17. The zero-order chi connectivity index (χ0) is 20.6. The van der Waals surface area contributed by atoms with Gasteiger partial charge in [-0.1, -0.05) is 36.8 Å². The summed E-state index contributed by atoms with van der Waals surface area (Å²) in [6.07, 6.45) is 1.64. The smallest absolute Gasteiger partial charge is 0.275 e. The second kappa shape index (κ2) is 7.24. The van der Waals surface area contributed by atoms with Crippen molar-refractivity contribution >= 4 is 15.6 Å². The van der Waals surface area contributed by atoms with Crippen LogP contribution in [0.5, 0.6) is 0 Å². The maximum Gasteiger partial charge on any atom is 0.275 e. The summed E-state index contributed by atoms with van der Waals surface area (Å²) in [7, 11) is -3.52. The van der Waals surface area contributed by atoms with E-state index in [1.807, 2.05) is 38.1 Å². The zero-order valence-electron chi connectivity index (χ0n) is 16.2. The molecule has 3 aromatic rings. The standard InChI is InChI=1S/C21H22N2O4S/c1-5-16-19(21(25)23-22-16)20(24)15-9-10-17(28(4,26)27)18(13(15)3)14-8-6-7-12(2)11-14/h6-11H,5H2,1-4H3,(H2,22,23,25). The number of rotatable bonds is 5. The molecule has 0 aliphatic rings. The van der Waals surface area contributed by atoms with Crippen LogP contribution in [0.15, 0.2) is 46.1 Å². The van der Waals surface area contributed by atoms with Crippen molar-refractivity contribution in [3.8, 4) is 11.1 Å². The van der Waals surface area contributed by atoms with Crippen molar-refractivity contribution in [2.75, 3.05) is 6.26 Å². The van der Waals surface area contributed by atoms with Crippen molar-refractivity contribution in [1.82, 2.24) is 10.2 Å². The molecule has 2 N–H and O–H groups in total. The van der Waals surface area contributed by atoms with E-state index in [0.29, 0.717) is 34.4 Å². The number of H-pyrrole nitrogens is 2. The molecule has 28 heavy (non-hydrogen) atoms. The Morgan fingerprint density at radius 2 is 1.79 bits per heavy atom. The van der Waals surface area contributed by atoms with Gasteiger partial charge in [0.2, 0.25) is 5.78 Å². The predicted molar refractivity (Wildman–Crippen MR) is 109 cm³/mol. The van der Waals surface area contributed by atoms with Crippen LogP contribution in [0.1, 0.15) is 39.7 Å². The summed E-state index contributed by atoms with van der Waals surface area (Å²) in [6.45, 7) is 5.47. The van der Waals surface area contributed by atoms with E-state index in [9.17, 15) is 18.0 Å². The van der Waals surface area contributed by atoms with Crippen molar-refractivity contribution in [3.05, 3.63) is 74.7 Å². The van der Waals surface area contributed by atoms with E-state index in [1.165, 1.54) is 12.1 Å². The lowest BCUT2D eigenvalue weighted by Gasteiger charge is -2.16. The van der Waals surface area contributed by atoms with Crippen LogP contribution in [0.2, 0.25) is 0 Å². The number of ketones is 1. The maximum absolute atomic E-state index is 13.2. The van der Waals surface area contributed by atoms with E-state index < -0.39 is 21.2 Å². The normalized spacial score (nSPS) is 11.6. The number of benzene rings is 2. The number of aryl methyl sites for hydroxylation is 2. The van der Waals surface area contributed by atoms with Gasteiger partial charge in [-0.15, -0.1) is 0 Å². The highest BCUT2D eigenvalue weighted by atomic mass is 32.2. The fourth-order valence-electron chi connectivity index (χ4n) is 3.44. The highest BCUT2D eigenvalue weighted by Crippen LogP contribution is 2.34. The Bertz CT molecular complexity index is 1230. The third kappa shape index (κ3) is 3.45. The van der Waals surface area contributed by atoms with E-state index in [1.54, 1.807) is 6.92 Å². The van der Waals surface area contributed by atoms with Crippen molar-refractivity contribution in [2.45, 2.75) is 32.1 Å². The maximum atomic E-state index is 13.2.